The first-order valence-corrected chi connectivity index (χ1v) is 17.6. The summed E-state index contributed by atoms with van der Waals surface area (Å²) in [6.07, 6.45) is 8.11. The summed E-state index contributed by atoms with van der Waals surface area (Å²) in [7, 11) is 1.76. The monoisotopic (exact) mass is 615 g/mol. The highest BCUT2D eigenvalue weighted by atomic mass is 16.5. The lowest BCUT2D eigenvalue weighted by molar-refractivity contribution is -0.195. The quantitative estimate of drug-likeness (QED) is 0.257. The highest BCUT2D eigenvalue weighted by Gasteiger charge is 2.80. The van der Waals surface area contributed by atoms with Gasteiger partial charge < -0.3 is 25.4 Å². The number of nitrogens with two attached hydrogens (primary N) is 1. The molecule has 0 saturated heterocycles. The predicted molar refractivity (Wildman–Crippen MR) is 176 cm³/mol. The normalized spacial score (nSPS) is 47.7. The van der Waals surface area contributed by atoms with Gasteiger partial charge in [0.25, 0.3) is 0 Å². The van der Waals surface area contributed by atoms with Crippen LogP contribution in [-0.2, 0) is 14.3 Å². The predicted octanol–water partition coefficient (Wildman–Crippen LogP) is 7.47. The van der Waals surface area contributed by atoms with Crippen molar-refractivity contribution in [1.82, 2.24) is 0 Å². The van der Waals surface area contributed by atoms with E-state index in [0.29, 0.717) is 24.9 Å². The minimum absolute atomic E-state index is 0.0666. The van der Waals surface area contributed by atoms with E-state index in [4.69, 9.17) is 15.2 Å². The Morgan fingerprint density at radius 3 is 2.25 bits per heavy atom. The van der Waals surface area contributed by atoms with Crippen molar-refractivity contribution in [3.05, 3.63) is 11.6 Å². The summed E-state index contributed by atoms with van der Waals surface area (Å²) in [5.74, 6) is 0.218. The topological polar surface area (TPSA) is 102 Å². The molecule has 4 fully saturated rings. The number of aliphatic hydroxyl groups is 1. The van der Waals surface area contributed by atoms with Gasteiger partial charge >= 0.3 is 5.97 Å². The zero-order chi connectivity index (χ0) is 33.1. The average Bonchev–Trinajstić information content (AvgIpc) is 3.51. The molecule has 6 heteroatoms. The Kier molecular flexibility index (Phi) is 8.23. The number of ether oxygens (including phenoxy) is 2. The minimum atomic E-state index is -0.837. The molecule has 5 aliphatic carbocycles. The van der Waals surface area contributed by atoms with Gasteiger partial charge in [-0.15, -0.1) is 0 Å². The first-order valence-electron chi connectivity index (χ1n) is 17.6. The summed E-state index contributed by atoms with van der Waals surface area (Å²) in [5, 5.41) is 23.5. The zero-order valence-corrected chi connectivity index (χ0v) is 30.0. The van der Waals surface area contributed by atoms with Gasteiger partial charge in [-0.2, -0.15) is 0 Å². The van der Waals surface area contributed by atoms with Gasteiger partial charge in [0.05, 0.1) is 30.3 Å². The van der Waals surface area contributed by atoms with Crippen LogP contribution in [0.2, 0.25) is 0 Å². The van der Waals surface area contributed by atoms with Crippen LogP contribution in [0.1, 0.15) is 121 Å². The van der Waals surface area contributed by atoms with Gasteiger partial charge in [0.2, 0.25) is 0 Å². The molecular weight excluding hydrogens is 550 g/mol. The molecule has 5 aliphatic rings. The van der Waals surface area contributed by atoms with E-state index in [9.17, 15) is 15.0 Å². The van der Waals surface area contributed by atoms with Crippen molar-refractivity contribution >= 4 is 5.97 Å². The Hall–Kier alpha value is -0.950. The van der Waals surface area contributed by atoms with E-state index in [-0.39, 0.29) is 62.6 Å². The van der Waals surface area contributed by atoms with Crippen molar-refractivity contribution in [2.24, 2.45) is 67.8 Å². The molecule has 6 nitrogen and oxygen atoms in total. The van der Waals surface area contributed by atoms with Gasteiger partial charge in [-0.05, 0) is 89.3 Å². The minimum Gasteiger partial charge on any atom is -0.481 e. The van der Waals surface area contributed by atoms with Gasteiger partial charge in [0, 0.05) is 25.0 Å². The Bertz CT molecular complexity index is 1170. The molecular formula is C38H65NO5. The van der Waals surface area contributed by atoms with Gasteiger partial charge in [0.15, 0.2) is 0 Å². The number of methoxy groups -OCH3 is 1. The number of carboxylic acid groups (broad SMARTS) is 1. The first kappa shape index (κ1) is 34.4. The zero-order valence-electron chi connectivity index (χ0n) is 30.0. The number of hydrogen-bond acceptors (Lipinski definition) is 5. The SMILES string of the molecule is CO[C@@H]1CC2(O)C[C@]23C2=CC[C@@]4(C)[C@H](C(=O)O)[C@@](C)([C@H](C)C(C)C)CC[C@]4(C)[C@H]2CC[C@H]3C(C)(C)[C@H]1OC[C@H](N)C(C)(C)C. The van der Waals surface area contributed by atoms with E-state index in [1.54, 1.807) is 7.11 Å². The highest BCUT2D eigenvalue weighted by Crippen LogP contribution is 2.81. The second-order valence-corrected chi connectivity index (χ2v) is 18.9. The number of fused-ring (bicyclic) bond motifs is 3. The van der Waals surface area contributed by atoms with Crippen LogP contribution in [-0.4, -0.2) is 53.7 Å². The molecule has 0 amide bonds. The van der Waals surface area contributed by atoms with Crippen molar-refractivity contribution in [3.8, 4) is 0 Å². The van der Waals surface area contributed by atoms with Crippen LogP contribution >= 0.6 is 0 Å². The molecule has 0 heterocycles. The summed E-state index contributed by atoms with van der Waals surface area (Å²) < 4.78 is 12.9. The summed E-state index contributed by atoms with van der Waals surface area (Å²) in [4.78, 5) is 13.3. The fourth-order valence-corrected chi connectivity index (χ4v) is 11.9. The molecule has 5 rings (SSSR count). The van der Waals surface area contributed by atoms with Gasteiger partial charge in [-0.1, -0.05) is 87.8 Å². The average molecular weight is 616 g/mol. The Balaban J connectivity index is 1.56. The standard InChI is InChI=1S/C38H65NO5/c1-22(2)23(3)34(9)17-18-35(10)24-13-14-27-33(7,8)30(44-20-28(39)32(4,5)6)26(43-12)19-37(42)21-38(27,37)25(24)15-16-36(35,11)29(34)31(40)41/h15,22-24,26-30,42H,13-14,16-21,39H2,1-12H3,(H,40,41)/t23-,24+,26-,27+,28+,29-,30+,34-,35-,36+,37?,38-/m1/s1. The number of rotatable bonds is 7. The van der Waals surface area contributed by atoms with Crippen molar-refractivity contribution in [2.45, 2.75) is 145 Å². The van der Waals surface area contributed by atoms with E-state index in [0.717, 1.165) is 38.5 Å². The van der Waals surface area contributed by atoms with Crippen LogP contribution in [0, 0.1) is 62.1 Å². The molecule has 1 unspecified atom stereocenters. The number of aliphatic carboxylic acids is 1. The maximum atomic E-state index is 13.3. The Labute approximate surface area is 268 Å². The lowest BCUT2D eigenvalue weighted by Crippen LogP contribution is -2.63. The van der Waals surface area contributed by atoms with Crippen LogP contribution in [0.3, 0.4) is 0 Å². The molecule has 1 spiro atoms. The van der Waals surface area contributed by atoms with Crippen molar-refractivity contribution in [2.75, 3.05) is 13.7 Å². The fraction of sp³-hybridized carbons (Fsp3) is 0.921. The third-order valence-corrected chi connectivity index (χ3v) is 15.5. The van der Waals surface area contributed by atoms with Gasteiger partial charge in [-0.25, -0.2) is 0 Å². The molecule has 44 heavy (non-hydrogen) atoms. The molecule has 4 saturated carbocycles. The third kappa shape index (κ3) is 4.49. The van der Waals surface area contributed by atoms with E-state index >= 15 is 0 Å². The lowest BCUT2D eigenvalue weighted by Gasteiger charge is -2.67. The first-order chi connectivity index (χ1) is 20.1. The van der Waals surface area contributed by atoms with Gasteiger partial charge in [-0.3, -0.25) is 4.79 Å². The van der Waals surface area contributed by atoms with Gasteiger partial charge in [0.1, 0.15) is 0 Å². The molecule has 252 valence electrons. The molecule has 0 aromatic heterocycles. The maximum Gasteiger partial charge on any atom is 0.307 e. The van der Waals surface area contributed by atoms with E-state index in [2.05, 4.69) is 82.2 Å². The number of allylic oxidation sites excluding steroid dienone is 1. The largest absolute Gasteiger partial charge is 0.481 e. The van der Waals surface area contributed by atoms with Crippen molar-refractivity contribution in [1.29, 1.82) is 0 Å². The number of hydrogen-bond donors (Lipinski definition) is 3. The maximum absolute atomic E-state index is 13.3. The third-order valence-electron chi connectivity index (χ3n) is 15.5. The van der Waals surface area contributed by atoms with Crippen molar-refractivity contribution in [3.63, 3.8) is 0 Å². The highest BCUT2D eigenvalue weighted by molar-refractivity contribution is 5.73. The number of carbonyl (C=O) groups is 1. The van der Waals surface area contributed by atoms with Crippen LogP contribution in [0.5, 0.6) is 0 Å². The summed E-state index contributed by atoms with van der Waals surface area (Å²) >= 11 is 0. The lowest BCUT2D eigenvalue weighted by atomic mass is 9.36. The van der Waals surface area contributed by atoms with Crippen molar-refractivity contribution < 1.29 is 24.5 Å². The van der Waals surface area contributed by atoms with Crippen LogP contribution in [0.4, 0.5) is 0 Å². The van der Waals surface area contributed by atoms with E-state index in [1.165, 1.54) is 5.57 Å². The molecule has 4 N–H and O–H groups in total. The second kappa shape index (κ2) is 10.5. The fourth-order valence-electron chi connectivity index (χ4n) is 11.9. The smallest absolute Gasteiger partial charge is 0.307 e. The molecule has 0 aliphatic heterocycles. The van der Waals surface area contributed by atoms with E-state index in [1.807, 2.05) is 0 Å². The summed E-state index contributed by atoms with van der Waals surface area (Å²) in [6.45, 7) is 25.3. The van der Waals surface area contributed by atoms with Crippen LogP contribution in [0.15, 0.2) is 11.6 Å². The Morgan fingerprint density at radius 2 is 1.70 bits per heavy atom. The second-order valence-electron chi connectivity index (χ2n) is 18.9. The van der Waals surface area contributed by atoms with E-state index < -0.39 is 17.5 Å². The van der Waals surface area contributed by atoms with Crippen LogP contribution in [0.25, 0.3) is 0 Å². The molecule has 0 radical (unpaired) electrons. The molecule has 12 atom stereocenters. The molecule has 0 aromatic rings. The summed E-state index contributed by atoms with van der Waals surface area (Å²) in [5.41, 5.74) is 5.78. The molecule has 0 bridgehead atoms. The summed E-state index contributed by atoms with van der Waals surface area (Å²) in [6, 6.07) is -0.0994. The molecule has 0 aromatic carbocycles. The Morgan fingerprint density at radius 1 is 1.07 bits per heavy atom. The van der Waals surface area contributed by atoms with Crippen LogP contribution < -0.4 is 5.73 Å². The number of carboxylic acids is 1.